The van der Waals surface area contributed by atoms with E-state index >= 15 is 0 Å². The Hall–Kier alpha value is -2.45. The van der Waals surface area contributed by atoms with E-state index in [0.29, 0.717) is 50.0 Å². The molecule has 5 heteroatoms. The Morgan fingerprint density at radius 2 is 1.71 bits per heavy atom. The highest BCUT2D eigenvalue weighted by Gasteiger charge is 2.20. The minimum atomic E-state index is 0.00946. The zero-order valence-electron chi connectivity index (χ0n) is 28.6. The molecule has 0 bridgehead atoms. The predicted molar refractivity (Wildman–Crippen MR) is 178 cm³/mol. The van der Waals surface area contributed by atoms with Crippen molar-refractivity contribution in [2.24, 2.45) is 17.8 Å². The molecule has 2 rings (SSSR count). The van der Waals surface area contributed by atoms with Gasteiger partial charge in [0, 0.05) is 50.1 Å². The largest absolute Gasteiger partial charge is 0.377 e. The number of carbonyl (C=O) groups excluding carboxylic acids is 3. The number of hydrogen-bond acceptors (Lipinski definition) is 4. The summed E-state index contributed by atoms with van der Waals surface area (Å²) < 4.78 is 6.04. The number of para-hydroxylation sites is 1. The molecule has 4 unspecified atom stereocenters. The van der Waals surface area contributed by atoms with E-state index in [4.69, 9.17) is 4.74 Å². The molecule has 0 radical (unpaired) electrons. The highest BCUT2D eigenvalue weighted by Crippen LogP contribution is 2.25. The maximum atomic E-state index is 12.7. The second kappa shape index (κ2) is 23.1. The topological polar surface area (TPSA) is 63.7 Å². The fourth-order valence-electron chi connectivity index (χ4n) is 4.70. The molecule has 42 heavy (non-hydrogen) atoms. The Bertz CT molecular complexity index is 989. The van der Waals surface area contributed by atoms with Gasteiger partial charge in [-0.3, -0.25) is 14.4 Å². The van der Waals surface area contributed by atoms with Gasteiger partial charge in [0.2, 0.25) is 5.91 Å². The number of Topliss-reactive ketones (excluding diaryl/α,β-unsaturated/α-hetero) is 2. The number of ether oxygens (including phenoxy) is 1. The standard InChI is InChI=1S/C26H41NO2.C9H14O2.C2H6/c1-8-20(4)17-18-24(10-3)29-19-12-11-15-23-16-13-14-22(6)25(23)27(7)26(28)21(5)9-2;1-7-5-6-8(10)3-2-4-9(7)11;1-2/h13-14,16,20-21,24H,8-10,12,17-19H2,1-7H3;7H,2-6H2,1H3;1-2H3. The van der Waals surface area contributed by atoms with Crippen LogP contribution in [0.2, 0.25) is 0 Å². The Morgan fingerprint density at radius 1 is 1.02 bits per heavy atom. The highest BCUT2D eigenvalue weighted by atomic mass is 16.5. The molecule has 1 aromatic carbocycles. The molecular weight excluding hydrogens is 522 g/mol. The quantitative estimate of drug-likeness (QED) is 0.192. The van der Waals surface area contributed by atoms with Crippen LogP contribution in [0.15, 0.2) is 18.2 Å². The number of aryl methyl sites for hydroxylation is 1. The summed E-state index contributed by atoms with van der Waals surface area (Å²) in [4.78, 5) is 36.6. The number of amides is 1. The second-order valence-electron chi connectivity index (χ2n) is 11.5. The molecule has 0 aliphatic heterocycles. The van der Waals surface area contributed by atoms with Crippen LogP contribution in [0.25, 0.3) is 0 Å². The van der Waals surface area contributed by atoms with Crippen molar-refractivity contribution < 1.29 is 19.1 Å². The lowest BCUT2D eigenvalue weighted by Gasteiger charge is -2.24. The third kappa shape index (κ3) is 15.1. The van der Waals surface area contributed by atoms with Crippen molar-refractivity contribution in [3.8, 4) is 11.8 Å². The molecule has 0 saturated heterocycles. The molecule has 1 aliphatic carbocycles. The normalized spacial score (nSPS) is 17.0. The lowest BCUT2D eigenvalue weighted by atomic mass is 9.91. The van der Waals surface area contributed by atoms with Crippen LogP contribution in [0.1, 0.15) is 137 Å². The van der Waals surface area contributed by atoms with E-state index in [1.165, 1.54) is 12.8 Å². The second-order valence-corrected chi connectivity index (χ2v) is 11.5. The van der Waals surface area contributed by atoms with Crippen molar-refractivity contribution in [2.75, 3.05) is 18.6 Å². The number of carbonyl (C=O) groups is 3. The van der Waals surface area contributed by atoms with Gasteiger partial charge >= 0.3 is 0 Å². The maximum absolute atomic E-state index is 12.7. The van der Waals surface area contributed by atoms with Gasteiger partial charge in [-0.25, -0.2) is 0 Å². The summed E-state index contributed by atoms with van der Waals surface area (Å²) in [5.74, 6) is 8.20. The van der Waals surface area contributed by atoms with E-state index in [1.54, 1.807) is 4.90 Å². The Morgan fingerprint density at radius 3 is 2.33 bits per heavy atom. The summed E-state index contributed by atoms with van der Waals surface area (Å²) in [7, 11) is 1.86. The summed E-state index contributed by atoms with van der Waals surface area (Å²) in [6.07, 6.45) is 9.85. The van der Waals surface area contributed by atoms with Crippen LogP contribution in [0.3, 0.4) is 0 Å². The summed E-state index contributed by atoms with van der Waals surface area (Å²) in [6, 6.07) is 6.04. The van der Waals surface area contributed by atoms with E-state index in [1.807, 2.05) is 66.8 Å². The van der Waals surface area contributed by atoms with E-state index in [-0.39, 0.29) is 17.7 Å². The fourth-order valence-corrected chi connectivity index (χ4v) is 4.70. The third-order valence-electron chi connectivity index (χ3n) is 8.16. The minimum Gasteiger partial charge on any atom is -0.377 e. The third-order valence-corrected chi connectivity index (χ3v) is 8.16. The predicted octanol–water partition coefficient (Wildman–Crippen LogP) is 9.12. The van der Waals surface area contributed by atoms with Gasteiger partial charge in [-0.2, -0.15) is 0 Å². The SMILES string of the molecule is CC.CC1CCC(=O)CCCC1=O.CCC(C)CCC(CC)OCCC#Cc1cccc(C)c1N(C)C(=O)C(C)CC. The van der Waals surface area contributed by atoms with Crippen molar-refractivity contribution in [3.05, 3.63) is 29.3 Å². The average Bonchev–Trinajstić information content (AvgIpc) is 3.00. The number of benzene rings is 1. The molecule has 0 aromatic heterocycles. The Labute approximate surface area is 258 Å². The van der Waals surface area contributed by atoms with E-state index in [9.17, 15) is 14.4 Å². The molecule has 0 spiro atoms. The smallest absolute Gasteiger partial charge is 0.229 e. The molecule has 1 amide bonds. The van der Waals surface area contributed by atoms with Crippen LogP contribution in [0, 0.1) is 36.5 Å². The zero-order chi connectivity index (χ0) is 32.1. The molecule has 1 aromatic rings. The van der Waals surface area contributed by atoms with E-state index < -0.39 is 0 Å². The van der Waals surface area contributed by atoms with Crippen LogP contribution in [-0.2, 0) is 19.1 Å². The van der Waals surface area contributed by atoms with Gasteiger partial charge in [-0.05, 0) is 63.0 Å². The molecule has 238 valence electrons. The van der Waals surface area contributed by atoms with Gasteiger partial charge in [0.1, 0.15) is 11.6 Å². The first-order chi connectivity index (χ1) is 20.0. The van der Waals surface area contributed by atoms with Crippen molar-refractivity contribution >= 4 is 23.2 Å². The molecule has 0 heterocycles. The Balaban J connectivity index is 0.00000107. The average molecular weight is 584 g/mol. The van der Waals surface area contributed by atoms with Crippen LogP contribution in [0.4, 0.5) is 5.69 Å². The van der Waals surface area contributed by atoms with Crippen molar-refractivity contribution in [2.45, 2.75) is 139 Å². The van der Waals surface area contributed by atoms with Gasteiger partial charge < -0.3 is 9.64 Å². The van der Waals surface area contributed by atoms with Crippen LogP contribution in [-0.4, -0.2) is 37.2 Å². The number of hydrogen-bond donors (Lipinski definition) is 0. The van der Waals surface area contributed by atoms with Crippen molar-refractivity contribution in [1.82, 2.24) is 0 Å². The summed E-state index contributed by atoms with van der Waals surface area (Å²) >= 11 is 0. The monoisotopic (exact) mass is 583 g/mol. The highest BCUT2D eigenvalue weighted by molar-refractivity contribution is 5.96. The molecule has 0 N–H and O–H groups in total. The van der Waals surface area contributed by atoms with E-state index in [0.717, 1.165) is 54.8 Å². The molecule has 1 fully saturated rings. The number of rotatable bonds is 11. The van der Waals surface area contributed by atoms with Crippen LogP contribution in [0.5, 0.6) is 0 Å². The minimum absolute atomic E-state index is 0.00946. The first-order valence-electron chi connectivity index (χ1n) is 16.6. The fraction of sp³-hybridized carbons (Fsp3) is 0.703. The molecule has 4 atom stereocenters. The van der Waals surface area contributed by atoms with Crippen LogP contribution < -0.4 is 4.90 Å². The zero-order valence-corrected chi connectivity index (χ0v) is 28.6. The number of nitrogens with zero attached hydrogens (tertiary/aromatic N) is 1. The molecular formula is C37H61NO4. The maximum Gasteiger partial charge on any atom is 0.229 e. The van der Waals surface area contributed by atoms with Gasteiger partial charge in [0.15, 0.2) is 0 Å². The first kappa shape index (κ1) is 39.5. The summed E-state index contributed by atoms with van der Waals surface area (Å²) in [6.45, 7) is 19.4. The molecule has 1 saturated carbocycles. The molecule has 5 nitrogen and oxygen atoms in total. The van der Waals surface area contributed by atoms with Gasteiger partial charge in [0.05, 0.1) is 18.4 Å². The summed E-state index contributed by atoms with van der Waals surface area (Å²) in [5, 5.41) is 0. The Kier molecular flexibility index (Phi) is 21.7. The lowest BCUT2D eigenvalue weighted by molar-refractivity contribution is -0.125. The van der Waals surface area contributed by atoms with E-state index in [2.05, 4.69) is 32.6 Å². The van der Waals surface area contributed by atoms with Gasteiger partial charge in [-0.15, -0.1) is 0 Å². The number of ketones is 2. The first-order valence-corrected chi connectivity index (χ1v) is 16.6. The van der Waals surface area contributed by atoms with Crippen molar-refractivity contribution in [3.63, 3.8) is 0 Å². The summed E-state index contributed by atoms with van der Waals surface area (Å²) in [5.41, 5.74) is 2.91. The molecule has 1 aliphatic rings. The lowest BCUT2D eigenvalue weighted by Crippen LogP contribution is -2.32. The van der Waals surface area contributed by atoms with Crippen molar-refractivity contribution in [1.29, 1.82) is 0 Å². The van der Waals surface area contributed by atoms with Gasteiger partial charge in [0.25, 0.3) is 0 Å². The number of anilines is 1. The van der Waals surface area contributed by atoms with Gasteiger partial charge in [-0.1, -0.05) is 85.8 Å². The van der Waals surface area contributed by atoms with Crippen LogP contribution >= 0.6 is 0 Å².